The van der Waals surface area contributed by atoms with Crippen molar-refractivity contribution < 1.29 is 9.38 Å². The minimum absolute atomic E-state index is 0.0708. The quantitative estimate of drug-likeness (QED) is 0.568. The maximum atomic E-state index is 12.6. The Morgan fingerprint density at radius 3 is 2.65 bits per heavy atom. The summed E-state index contributed by atoms with van der Waals surface area (Å²) in [7, 11) is 1.83. The van der Waals surface area contributed by atoms with Gasteiger partial charge in [0.25, 0.3) is 0 Å². The van der Waals surface area contributed by atoms with Gasteiger partial charge in [-0.1, -0.05) is 6.07 Å². The normalized spacial score (nSPS) is 30.6. The first-order chi connectivity index (χ1) is 12.6. The van der Waals surface area contributed by atoms with Gasteiger partial charge in [-0.05, 0) is 30.3 Å². The largest absolute Gasteiger partial charge is 0.633 e. The van der Waals surface area contributed by atoms with Crippen LogP contribution in [-0.4, -0.2) is 39.8 Å². The molecule has 0 spiro atoms. The first-order valence-electron chi connectivity index (χ1n) is 9.37. The van der Waals surface area contributed by atoms with E-state index in [1.165, 1.54) is 5.39 Å². The summed E-state index contributed by atoms with van der Waals surface area (Å²) in [6.07, 6.45) is 7.65. The third-order valence-electron chi connectivity index (χ3n) is 6.24. The predicted octanol–water partition coefficient (Wildman–Crippen LogP) is 4.25. The number of quaternary nitrogens is 1. The number of fused-ring (bicyclic) bond motifs is 3. The van der Waals surface area contributed by atoms with Gasteiger partial charge in [-0.15, -0.1) is 0 Å². The van der Waals surface area contributed by atoms with Crippen molar-refractivity contribution in [3.63, 3.8) is 0 Å². The lowest BCUT2D eigenvalue weighted by atomic mass is 10.00. The van der Waals surface area contributed by atoms with Crippen LogP contribution < -0.4 is 4.74 Å². The Morgan fingerprint density at radius 1 is 1.12 bits per heavy atom. The van der Waals surface area contributed by atoms with Crippen LogP contribution in [0.25, 0.3) is 22.2 Å². The standard InChI is InChI=1S/C21H23N3O2/c1-24(25)16-3-4-17(24)12-19(11-16)26-18-5-7-21(23-13-18)14-2-6-20-15(10-14)8-9-22-20/h2,5-10,13,16-17,19,22H,3-4,11-12H2,1H3/t16-,17?,19?,24?/m1/s1. The van der Waals surface area contributed by atoms with Crippen LogP contribution in [0.2, 0.25) is 0 Å². The number of nitrogens with one attached hydrogen (secondary N) is 1. The number of ether oxygens (including phenoxy) is 1. The molecular weight excluding hydrogens is 326 g/mol. The molecule has 2 saturated heterocycles. The van der Waals surface area contributed by atoms with E-state index in [1.807, 2.05) is 25.4 Å². The van der Waals surface area contributed by atoms with Gasteiger partial charge in [0.2, 0.25) is 0 Å². The lowest BCUT2D eigenvalue weighted by Gasteiger charge is -2.50. The fourth-order valence-corrected chi connectivity index (χ4v) is 4.68. The SMILES string of the molecule is C[N+]1([O-])C2CC[C@@H]1CC(Oc1ccc(-c3ccc4[nH]ccc4c3)nc1)C2. The maximum Gasteiger partial charge on any atom is 0.138 e. The molecule has 1 N–H and O–H groups in total. The molecule has 0 saturated carbocycles. The number of hydrogen-bond donors (Lipinski definition) is 1. The van der Waals surface area contributed by atoms with E-state index in [1.54, 1.807) is 6.20 Å². The second-order valence-corrected chi connectivity index (χ2v) is 7.81. The molecule has 26 heavy (non-hydrogen) atoms. The van der Waals surface area contributed by atoms with Crippen molar-refractivity contribution in [3.05, 3.63) is 54.0 Å². The van der Waals surface area contributed by atoms with E-state index in [4.69, 9.17) is 4.74 Å². The van der Waals surface area contributed by atoms with Crippen LogP contribution in [0.15, 0.2) is 48.8 Å². The fourth-order valence-electron chi connectivity index (χ4n) is 4.68. The minimum Gasteiger partial charge on any atom is -0.633 e. The number of nitrogens with zero attached hydrogens (tertiary/aromatic N) is 2. The van der Waals surface area contributed by atoms with Gasteiger partial charge in [-0.25, -0.2) is 0 Å². The van der Waals surface area contributed by atoms with E-state index in [2.05, 4.69) is 34.2 Å². The molecular formula is C21H23N3O2. The summed E-state index contributed by atoms with van der Waals surface area (Å²) in [4.78, 5) is 7.79. The van der Waals surface area contributed by atoms with E-state index in [-0.39, 0.29) is 22.8 Å². The Kier molecular flexibility index (Phi) is 3.55. The fraction of sp³-hybridized carbons (Fsp3) is 0.381. The number of hydrogen-bond acceptors (Lipinski definition) is 3. The van der Waals surface area contributed by atoms with Crippen LogP contribution in [0, 0.1) is 5.21 Å². The molecule has 134 valence electrons. The number of aromatic amines is 1. The van der Waals surface area contributed by atoms with E-state index in [0.29, 0.717) is 0 Å². The molecule has 0 radical (unpaired) electrons. The summed E-state index contributed by atoms with van der Waals surface area (Å²) < 4.78 is 6.09. The van der Waals surface area contributed by atoms with Gasteiger partial charge in [0.05, 0.1) is 31.0 Å². The summed E-state index contributed by atoms with van der Waals surface area (Å²) in [5.41, 5.74) is 3.16. The molecule has 5 nitrogen and oxygen atoms in total. The van der Waals surface area contributed by atoms with Gasteiger partial charge < -0.3 is 19.6 Å². The first kappa shape index (κ1) is 15.9. The summed E-state index contributed by atoms with van der Waals surface area (Å²) in [6.45, 7) is 0. The van der Waals surface area contributed by atoms with Gasteiger partial charge in [0, 0.05) is 48.3 Å². The zero-order valence-electron chi connectivity index (χ0n) is 14.9. The molecule has 5 rings (SSSR count). The van der Waals surface area contributed by atoms with Crippen LogP contribution in [0.3, 0.4) is 0 Å². The van der Waals surface area contributed by atoms with Gasteiger partial charge in [-0.3, -0.25) is 4.98 Å². The van der Waals surface area contributed by atoms with Crippen LogP contribution in [0.4, 0.5) is 0 Å². The third kappa shape index (κ3) is 2.59. The minimum atomic E-state index is -0.0708. The molecule has 5 heteroatoms. The number of benzene rings is 1. The second kappa shape index (κ2) is 5.83. The summed E-state index contributed by atoms with van der Waals surface area (Å²) in [5, 5.41) is 13.8. The second-order valence-electron chi connectivity index (χ2n) is 7.81. The maximum absolute atomic E-state index is 12.6. The molecule has 2 aliphatic rings. The van der Waals surface area contributed by atoms with Crippen molar-refractivity contribution in [1.29, 1.82) is 0 Å². The molecule has 1 aromatic carbocycles. The van der Waals surface area contributed by atoms with E-state index < -0.39 is 0 Å². The number of piperidine rings is 1. The molecule has 4 heterocycles. The van der Waals surface area contributed by atoms with Crippen molar-refractivity contribution in [2.45, 2.75) is 43.9 Å². The lowest BCUT2D eigenvalue weighted by Crippen LogP contribution is -2.55. The average Bonchev–Trinajstić information content (AvgIpc) is 3.12. The number of rotatable bonds is 3. The Hall–Kier alpha value is -2.37. The Morgan fingerprint density at radius 2 is 1.92 bits per heavy atom. The first-order valence-corrected chi connectivity index (χ1v) is 9.37. The molecule has 0 amide bonds. The van der Waals surface area contributed by atoms with Crippen molar-refractivity contribution in [2.75, 3.05) is 7.05 Å². The third-order valence-corrected chi connectivity index (χ3v) is 6.24. The summed E-state index contributed by atoms with van der Waals surface area (Å²) >= 11 is 0. The summed E-state index contributed by atoms with van der Waals surface area (Å²) in [5.74, 6) is 0.794. The number of aromatic nitrogens is 2. The highest BCUT2D eigenvalue weighted by atomic mass is 16.6. The molecule has 0 aliphatic carbocycles. The van der Waals surface area contributed by atoms with Crippen molar-refractivity contribution >= 4 is 10.9 Å². The highest BCUT2D eigenvalue weighted by molar-refractivity contribution is 5.84. The van der Waals surface area contributed by atoms with Gasteiger partial charge in [0.15, 0.2) is 0 Å². The highest BCUT2D eigenvalue weighted by Gasteiger charge is 2.47. The Labute approximate surface area is 152 Å². The topological polar surface area (TPSA) is 61.0 Å². The Bertz CT molecular complexity index is 916. The van der Waals surface area contributed by atoms with Crippen LogP contribution in [-0.2, 0) is 0 Å². The zero-order valence-corrected chi connectivity index (χ0v) is 14.9. The monoisotopic (exact) mass is 349 g/mol. The smallest absolute Gasteiger partial charge is 0.138 e. The molecule has 3 aromatic rings. The number of H-pyrrole nitrogens is 1. The van der Waals surface area contributed by atoms with Crippen LogP contribution in [0.5, 0.6) is 5.75 Å². The van der Waals surface area contributed by atoms with E-state index in [0.717, 1.165) is 48.2 Å². The molecule has 4 atom stereocenters. The van der Waals surface area contributed by atoms with Crippen molar-refractivity contribution in [3.8, 4) is 17.0 Å². The van der Waals surface area contributed by atoms with E-state index >= 15 is 0 Å². The van der Waals surface area contributed by atoms with Crippen molar-refractivity contribution in [2.24, 2.45) is 0 Å². The van der Waals surface area contributed by atoms with Crippen LogP contribution in [0.1, 0.15) is 25.7 Å². The lowest BCUT2D eigenvalue weighted by molar-refractivity contribution is -0.903. The highest BCUT2D eigenvalue weighted by Crippen LogP contribution is 2.41. The van der Waals surface area contributed by atoms with Crippen molar-refractivity contribution in [1.82, 2.24) is 9.97 Å². The number of pyridine rings is 1. The van der Waals surface area contributed by atoms with E-state index in [9.17, 15) is 5.21 Å². The zero-order chi connectivity index (χ0) is 17.7. The molecule has 2 aliphatic heterocycles. The molecule has 2 fully saturated rings. The molecule has 3 unspecified atom stereocenters. The molecule has 2 aromatic heterocycles. The predicted molar refractivity (Wildman–Crippen MR) is 102 cm³/mol. The van der Waals surface area contributed by atoms with Gasteiger partial charge >= 0.3 is 0 Å². The van der Waals surface area contributed by atoms with Crippen LogP contribution >= 0.6 is 0 Å². The average molecular weight is 349 g/mol. The number of hydroxylamine groups is 3. The summed E-state index contributed by atoms with van der Waals surface area (Å²) in [6, 6.07) is 12.7. The Balaban J connectivity index is 1.31. The van der Waals surface area contributed by atoms with Gasteiger partial charge in [0.1, 0.15) is 11.9 Å². The molecule has 2 bridgehead atoms. The van der Waals surface area contributed by atoms with Gasteiger partial charge in [-0.2, -0.15) is 0 Å².